The van der Waals surface area contributed by atoms with Crippen molar-refractivity contribution in [1.82, 2.24) is 0 Å². The van der Waals surface area contributed by atoms with E-state index in [0.29, 0.717) is 28.0 Å². The first-order chi connectivity index (χ1) is 13.1. The number of carbonyl (C=O) groups excluding carboxylic acids is 2. The normalized spacial score (nSPS) is 13.2. The van der Waals surface area contributed by atoms with Crippen LogP contribution in [-0.2, 0) is 16.0 Å². The first-order valence-corrected chi connectivity index (χ1v) is 9.73. The number of ether oxygens (including phenoxy) is 1. The standard InChI is InChI=1S/C21H22Cl2N2O3/c1-21(2,3)20(27)25-9-8-13-4-6-15(11-17(13)25)24-19(26)12-28-18-7-5-14(22)10-16(18)23/h4-7,10-11H,8-9,12H2,1-3H3,(H,24,26). The van der Waals surface area contributed by atoms with E-state index in [2.05, 4.69) is 5.32 Å². The molecule has 1 heterocycles. The molecule has 0 aromatic heterocycles. The molecule has 28 heavy (non-hydrogen) atoms. The third-order valence-corrected chi connectivity index (χ3v) is 4.93. The molecule has 0 saturated carbocycles. The van der Waals surface area contributed by atoms with Crippen LogP contribution in [-0.4, -0.2) is 25.0 Å². The molecule has 0 bridgehead atoms. The van der Waals surface area contributed by atoms with Crippen LogP contribution >= 0.6 is 23.2 Å². The third-order valence-electron chi connectivity index (χ3n) is 4.40. The average molecular weight is 421 g/mol. The van der Waals surface area contributed by atoms with E-state index in [1.165, 1.54) is 0 Å². The van der Waals surface area contributed by atoms with Crippen molar-refractivity contribution in [1.29, 1.82) is 0 Å². The summed E-state index contributed by atoms with van der Waals surface area (Å²) in [5, 5.41) is 3.64. The lowest BCUT2D eigenvalue weighted by atomic mass is 9.94. The van der Waals surface area contributed by atoms with Crippen LogP contribution in [0.15, 0.2) is 36.4 Å². The van der Waals surface area contributed by atoms with Crippen molar-refractivity contribution >= 4 is 46.4 Å². The minimum atomic E-state index is -0.466. The Morgan fingerprint density at radius 3 is 2.57 bits per heavy atom. The van der Waals surface area contributed by atoms with Gasteiger partial charge >= 0.3 is 0 Å². The molecule has 0 unspecified atom stereocenters. The van der Waals surface area contributed by atoms with Gasteiger partial charge in [-0.05, 0) is 42.3 Å². The fourth-order valence-corrected chi connectivity index (χ4v) is 3.47. The summed E-state index contributed by atoms with van der Waals surface area (Å²) in [5.74, 6) is 0.130. The minimum absolute atomic E-state index is 0.0652. The van der Waals surface area contributed by atoms with Crippen molar-refractivity contribution in [2.75, 3.05) is 23.4 Å². The second-order valence-electron chi connectivity index (χ2n) is 7.71. The fourth-order valence-electron chi connectivity index (χ4n) is 3.01. The van der Waals surface area contributed by atoms with Crippen molar-refractivity contribution in [3.63, 3.8) is 0 Å². The molecule has 0 fully saturated rings. The fraction of sp³-hybridized carbons (Fsp3) is 0.333. The number of hydrogen-bond acceptors (Lipinski definition) is 3. The van der Waals surface area contributed by atoms with Crippen LogP contribution in [0.1, 0.15) is 26.3 Å². The Labute approximate surface area is 174 Å². The third kappa shape index (κ3) is 4.59. The van der Waals surface area contributed by atoms with E-state index in [4.69, 9.17) is 27.9 Å². The van der Waals surface area contributed by atoms with Crippen LogP contribution in [0.4, 0.5) is 11.4 Å². The Balaban J connectivity index is 1.67. The van der Waals surface area contributed by atoms with E-state index >= 15 is 0 Å². The number of anilines is 2. The number of carbonyl (C=O) groups is 2. The number of hydrogen-bond donors (Lipinski definition) is 1. The summed E-state index contributed by atoms with van der Waals surface area (Å²) in [4.78, 5) is 26.7. The predicted molar refractivity (Wildman–Crippen MR) is 113 cm³/mol. The predicted octanol–water partition coefficient (Wildman–Crippen LogP) is 4.95. The van der Waals surface area contributed by atoms with Crippen molar-refractivity contribution in [2.45, 2.75) is 27.2 Å². The van der Waals surface area contributed by atoms with Crippen LogP contribution in [0.25, 0.3) is 0 Å². The molecule has 1 aliphatic heterocycles. The van der Waals surface area contributed by atoms with Gasteiger partial charge in [0.25, 0.3) is 5.91 Å². The van der Waals surface area contributed by atoms with Crippen LogP contribution in [0, 0.1) is 5.41 Å². The summed E-state index contributed by atoms with van der Waals surface area (Å²) in [6.07, 6.45) is 0.809. The molecule has 1 aliphatic rings. The van der Waals surface area contributed by atoms with E-state index < -0.39 is 5.41 Å². The molecule has 2 amide bonds. The van der Waals surface area contributed by atoms with E-state index in [9.17, 15) is 9.59 Å². The molecule has 148 valence electrons. The Hall–Kier alpha value is -2.24. The zero-order chi connectivity index (χ0) is 20.5. The molecule has 3 rings (SSSR count). The number of amides is 2. The monoisotopic (exact) mass is 420 g/mol. The van der Waals surface area contributed by atoms with Crippen molar-refractivity contribution < 1.29 is 14.3 Å². The number of fused-ring (bicyclic) bond motifs is 1. The Bertz CT molecular complexity index is 922. The van der Waals surface area contributed by atoms with Gasteiger partial charge in [-0.25, -0.2) is 0 Å². The second kappa shape index (κ2) is 8.02. The quantitative estimate of drug-likeness (QED) is 0.761. The zero-order valence-corrected chi connectivity index (χ0v) is 17.5. The second-order valence-corrected chi connectivity index (χ2v) is 8.56. The van der Waals surface area contributed by atoms with Gasteiger partial charge in [-0.2, -0.15) is 0 Å². The molecule has 0 aliphatic carbocycles. The van der Waals surface area contributed by atoms with Crippen LogP contribution in [0.3, 0.4) is 0 Å². The van der Waals surface area contributed by atoms with Gasteiger partial charge in [0, 0.05) is 28.4 Å². The van der Waals surface area contributed by atoms with Gasteiger partial charge in [-0.15, -0.1) is 0 Å². The highest BCUT2D eigenvalue weighted by molar-refractivity contribution is 6.35. The molecule has 2 aromatic carbocycles. The first kappa shape index (κ1) is 20.5. The van der Waals surface area contributed by atoms with Crippen molar-refractivity contribution in [2.24, 2.45) is 5.41 Å². The molecule has 5 nitrogen and oxygen atoms in total. The zero-order valence-electron chi connectivity index (χ0n) is 16.0. The summed E-state index contributed by atoms with van der Waals surface area (Å²) in [6.45, 7) is 6.17. The molecule has 0 atom stereocenters. The molecule has 0 radical (unpaired) electrons. The highest BCUT2D eigenvalue weighted by Crippen LogP contribution is 2.34. The molecule has 7 heteroatoms. The number of nitrogens with zero attached hydrogens (tertiary/aromatic N) is 1. The Morgan fingerprint density at radius 1 is 1.14 bits per heavy atom. The van der Waals surface area contributed by atoms with Crippen molar-refractivity contribution in [3.8, 4) is 5.75 Å². The smallest absolute Gasteiger partial charge is 0.262 e. The van der Waals surface area contributed by atoms with Gasteiger partial charge in [0.2, 0.25) is 5.91 Å². The number of benzene rings is 2. The summed E-state index contributed by atoms with van der Waals surface area (Å²) >= 11 is 11.9. The summed E-state index contributed by atoms with van der Waals surface area (Å²) < 4.78 is 5.46. The number of halogens is 2. The average Bonchev–Trinajstić information content (AvgIpc) is 3.02. The van der Waals surface area contributed by atoms with Gasteiger partial charge in [-0.3, -0.25) is 9.59 Å². The van der Waals surface area contributed by atoms with Crippen LogP contribution in [0.2, 0.25) is 10.0 Å². The van der Waals surface area contributed by atoms with E-state index in [1.54, 1.807) is 23.1 Å². The lowest BCUT2D eigenvalue weighted by Crippen LogP contribution is -2.38. The van der Waals surface area contributed by atoms with Crippen LogP contribution < -0.4 is 15.0 Å². The van der Waals surface area contributed by atoms with Crippen LogP contribution in [0.5, 0.6) is 5.75 Å². The lowest BCUT2D eigenvalue weighted by Gasteiger charge is -2.26. The summed E-state index contributed by atoms with van der Waals surface area (Å²) in [7, 11) is 0. The lowest BCUT2D eigenvalue weighted by molar-refractivity contribution is -0.125. The van der Waals surface area contributed by atoms with Crippen molar-refractivity contribution in [3.05, 3.63) is 52.0 Å². The molecule has 2 aromatic rings. The highest BCUT2D eigenvalue weighted by atomic mass is 35.5. The number of nitrogens with one attached hydrogen (secondary N) is 1. The SMILES string of the molecule is CC(C)(C)C(=O)N1CCc2ccc(NC(=O)COc3ccc(Cl)cc3Cl)cc21. The Morgan fingerprint density at radius 2 is 1.89 bits per heavy atom. The summed E-state index contributed by atoms with van der Waals surface area (Å²) in [5.41, 5.74) is 2.09. The van der Waals surface area contributed by atoms with Gasteiger partial charge in [-0.1, -0.05) is 50.0 Å². The highest BCUT2D eigenvalue weighted by Gasteiger charge is 2.32. The van der Waals surface area contributed by atoms with E-state index in [-0.39, 0.29) is 18.4 Å². The largest absolute Gasteiger partial charge is 0.482 e. The maximum Gasteiger partial charge on any atom is 0.262 e. The van der Waals surface area contributed by atoms with Gasteiger partial charge in [0.1, 0.15) is 5.75 Å². The van der Waals surface area contributed by atoms with Gasteiger partial charge in [0.15, 0.2) is 6.61 Å². The Kier molecular flexibility index (Phi) is 5.87. The molecule has 0 spiro atoms. The first-order valence-electron chi connectivity index (χ1n) is 8.98. The van der Waals surface area contributed by atoms with E-state index in [1.807, 2.05) is 39.0 Å². The molecular formula is C21H22Cl2N2O3. The topological polar surface area (TPSA) is 58.6 Å². The van der Waals surface area contributed by atoms with Gasteiger partial charge in [0.05, 0.1) is 5.02 Å². The molecule has 0 saturated heterocycles. The molecule has 1 N–H and O–H groups in total. The van der Waals surface area contributed by atoms with E-state index in [0.717, 1.165) is 17.7 Å². The minimum Gasteiger partial charge on any atom is -0.482 e. The maximum absolute atomic E-state index is 12.7. The molecular weight excluding hydrogens is 399 g/mol. The maximum atomic E-state index is 12.7. The summed E-state index contributed by atoms with van der Waals surface area (Å²) in [6, 6.07) is 10.4. The van der Waals surface area contributed by atoms with Gasteiger partial charge < -0.3 is 15.0 Å². The number of rotatable bonds is 4.